The maximum absolute atomic E-state index is 3.15. The van der Waals surface area contributed by atoms with Crippen LogP contribution in [0.1, 0.15) is 13.8 Å². The van der Waals surface area contributed by atoms with E-state index in [0.717, 1.165) is 13.1 Å². The SMILES string of the molecule is CCn1[c][n+](CC)cc1. The molecule has 0 amide bonds. The minimum atomic E-state index is 1.01. The third-order valence-electron chi connectivity index (χ3n) is 1.36. The first-order chi connectivity index (χ1) is 4.36. The van der Waals surface area contributed by atoms with Gasteiger partial charge in [-0.1, -0.05) is 0 Å². The van der Waals surface area contributed by atoms with Crippen LogP contribution in [0.3, 0.4) is 0 Å². The number of hydrogen-bond donors (Lipinski definition) is 0. The predicted octanol–water partition coefficient (Wildman–Crippen LogP) is 0.616. The average Bonchev–Trinajstić information content (AvgIpc) is 2.34. The van der Waals surface area contributed by atoms with Crippen molar-refractivity contribution < 1.29 is 4.57 Å². The van der Waals surface area contributed by atoms with E-state index in [2.05, 4.69) is 20.2 Å². The molecule has 1 rings (SSSR count). The van der Waals surface area contributed by atoms with E-state index >= 15 is 0 Å². The fourth-order valence-electron chi connectivity index (χ4n) is 0.745. The van der Waals surface area contributed by atoms with Crippen molar-refractivity contribution in [3.8, 4) is 0 Å². The van der Waals surface area contributed by atoms with E-state index in [1.165, 1.54) is 0 Å². The molecule has 49 valence electrons. The molecule has 1 heterocycles. The van der Waals surface area contributed by atoms with Gasteiger partial charge in [-0.2, -0.15) is 0 Å². The zero-order valence-electron chi connectivity index (χ0n) is 5.96. The number of aromatic nitrogens is 2. The molecule has 0 saturated carbocycles. The van der Waals surface area contributed by atoms with Crippen molar-refractivity contribution in [1.82, 2.24) is 4.57 Å². The van der Waals surface area contributed by atoms with Crippen LogP contribution in [-0.2, 0) is 13.1 Å². The molecular formula is C7H12N2+. The van der Waals surface area contributed by atoms with Gasteiger partial charge in [-0.15, -0.1) is 0 Å². The highest BCUT2D eigenvalue weighted by Gasteiger charge is 1.98. The molecule has 0 atom stereocenters. The van der Waals surface area contributed by atoms with Crippen LogP contribution in [0.5, 0.6) is 0 Å². The molecule has 1 aromatic rings. The summed E-state index contributed by atoms with van der Waals surface area (Å²) in [6.45, 7) is 6.23. The molecule has 0 aliphatic rings. The summed E-state index contributed by atoms with van der Waals surface area (Å²) in [6.07, 6.45) is 7.21. The highest BCUT2D eigenvalue weighted by atomic mass is 15.1. The Morgan fingerprint density at radius 2 is 2.33 bits per heavy atom. The van der Waals surface area contributed by atoms with Gasteiger partial charge in [0.15, 0.2) is 0 Å². The monoisotopic (exact) mass is 124 g/mol. The largest absolute Gasteiger partial charge is 0.373 e. The van der Waals surface area contributed by atoms with Gasteiger partial charge in [0, 0.05) is 0 Å². The summed E-state index contributed by atoms with van der Waals surface area (Å²) < 4.78 is 4.06. The Balaban J connectivity index is 2.74. The summed E-state index contributed by atoms with van der Waals surface area (Å²) in [5.41, 5.74) is 0. The van der Waals surface area contributed by atoms with Gasteiger partial charge < -0.3 is 0 Å². The molecule has 0 spiro atoms. The van der Waals surface area contributed by atoms with Gasteiger partial charge in [0.1, 0.15) is 12.4 Å². The third-order valence-corrected chi connectivity index (χ3v) is 1.36. The lowest BCUT2D eigenvalue weighted by atomic mass is 10.7. The van der Waals surface area contributed by atoms with Gasteiger partial charge in [0.25, 0.3) is 0 Å². The Hall–Kier alpha value is -0.790. The summed E-state index contributed by atoms with van der Waals surface area (Å²) in [5, 5.41) is 0. The minimum absolute atomic E-state index is 1.01. The van der Waals surface area contributed by atoms with Crippen molar-refractivity contribution in [1.29, 1.82) is 0 Å². The standard InChI is InChI=1S/C7H12N2/c1-3-8-5-6-9(4-2)7-8/h5-6H,3-4H2,1-2H3/q+1. The van der Waals surface area contributed by atoms with Crippen LogP contribution >= 0.6 is 0 Å². The first kappa shape index (κ1) is 6.33. The third kappa shape index (κ3) is 1.31. The first-order valence-corrected chi connectivity index (χ1v) is 3.34. The topological polar surface area (TPSA) is 8.81 Å². The van der Waals surface area contributed by atoms with Crippen molar-refractivity contribution in [3.05, 3.63) is 18.7 Å². The second-order valence-corrected chi connectivity index (χ2v) is 1.97. The molecule has 0 aromatic carbocycles. The lowest BCUT2D eigenvalue weighted by Crippen LogP contribution is -2.29. The van der Waals surface area contributed by atoms with E-state index in [9.17, 15) is 0 Å². The van der Waals surface area contributed by atoms with Crippen LogP contribution in [-0.4, -0.2) is 4.57 Å². The number of aryl methyl sites for hydroxylation is 2. The van der Waals surface area contributed by atoms with Gasteiger partial charge >= 0.3 is 6.33 Å². The molecule has 0 N–H and O–H groups in total. The van der Waals surface area contributed by atoms with Crippen LogP contribution in [0.2, 0.25) is 0 Å². The van der Waals surface area contributed by atoms with Gasteiger partial charge in [-0.25, -0.2) is 9.13 Å². The van der Waals surface area contributed by atoms with Gasteiger partial charge in [-0.3, -0.25) is 0 Å². The number of rotatable bonds is 2. The Labute approximate surface area is 55.7 Å². The molecule has 0 unspecified atom stereocenters. The van der Waals surface area contributed by atoms with Gasteiger partial charge in [0.05, 0.1) is 13.1 Å². The smallest absolute Gasteiger partial charge is 0.224 e. The molecule has 0 saturated heterocycles. The normalized spacial score (nSPS) is 10.0. The van der Waals surface area contributed by atoms with Crippen LogP contribution in [0.15, 0.2) is 12.4 Å². The minimum Gasteiger partial charge on any atom is -0.224 e. The fourth-order valence-corrected chi connectivity index (χ4v) is 0.745. The Morgan fingerprint density at radius 1 is 1.56 bits per heavy atom. The van der Waals surface area contributed by atoms with E-state index in [4.69, 9.17) is 0 Å². The summed E-state index contributed by atoms with van der Waals surface area (Å²) in [7, 11) is 0. The summed E-state index contributed by atoms with van der Waals surface area (Å²) in [4.78, 5) is 0. The van der Waals surface area contributed by atoms with Gasteiger partial charge in [0.2, 0.25) is 0 Å². The van der Waals surface area contributed by atoms with Crippen molar-refractivity contribution >= 4 is 0 Å². The molecule has 0 fully saturated rings. The maximum atomic E-state index is 3.15. The summed E-state index contributed by atoms with van der Waals surface area (Å²) >= 11 is 0. The molecule has 2 nitrogen and oxygen atoms in total. The molecule has 9 heavy (non-hydrogen) atoms. The van der Waals surface area contributed by atoms with Crippen LogP contribution in [0.4, 0.5) is 0 Å². The molecule has 0 bridgehead atoms. The number of hydrogen-bond acceptors (Lipinski definition) is 0. The van der Waals surface area contributed by atoms with E-state index < -0.39 is 0 Å². The Morgan fingerprint density at radius 3 is 2.67 bits per heavy atom. The van der Waals surface area contributed by atoms with Crippen LogP contribution in [0, 0.1) is 6.33 Å². The maximum Gasteiger partial charge on any atom is 0.373 e. The van der Waals surface area contributed by atoms with Gasteiger partial charge in [-0.05, 0) is 13.8 Å². The first-order valence-electron chi connectivity index (χ1n) is 3.34. The Bertz CT molecular complexity index is 160. The lowest BCUT2D eigenvalue weighted by Gasteiger charge is -1.82. The molecular weight excluding hydrogens is 112 g/mol. The molecule has 1 aromatic heterocycles. The highest BCUT2D eigenvalue weighted by molar-refractivity contribution is 4.62. The molecule has 0 aliphatic heterocycles. The van der Waals surface area contributed by atoms with E-state index in [-0.39, 0.29) is 0 Å². The van der Waals surface area contributed by atoms with Crippen LogP contribution < -0.4 is 4.57 Å². The number of nitrogens with zero attached hydrogens (tertiary/aromatic N) is 2. The summed E-state index contributed by atoms with van der Waals surface area (Å²) in [6, 6.07) is 0. The average molecular weight is 124 g/mol. The molecule has 1 radical (unpaired) electrons. The highest BCUT2D eigenvalue weighted by Crippen LogP contribution is 1.80. The van der Waals surface area contributed by atoms with Crippen LogP contribution in [0.25, 0.3) is 0 Å². The second-order valence-electron chi connectivity index (χ2n) is 1.97. The predicted molar refractivity (Wildman–Crippen MR) is 34.8 cm³/mol. The second kappa shape index (κ2) is 2.67. The van der Waals surface area contributed by atoms with E-state index in [0.29, 0.717) is 0 Å². The molecule has 0 aliphatic carbocycles. The molecule has 2 heteroatoms. The quantitative estimate of drug-likeness (QED) is 0.511. The zero-order chi connectivity index (χ0) is 6.69. The van der Waals surface area contributed by atoms with Crippen molar-refractivity contribution in [3.63, 3.8) is 0 Å². The summed E-state index contributed by atoms with van der Waals surface area (Å²) in [5.74, 6) is 0. The van der Waals surface area contributed by atoms with E-state index in [1.54, 1.807) is 0 Å². The number of imidazole rings is 1. The van der Waals surface area contributed by atoms with Crippen molar-refractivity contribution in [2.45, 2.75) is 26.9 Å². The zero-order valence-corrected chi connectivity index (χ0v) is 5.96. The van der Waals surface area contributed by atoms with Crippen molar-refractivity contribution in [2.24, 2.45) is 0 Å². The Kier molecular flexibility index (Phi) is 1.88. The van der Waals surface area contributed by atoms with E-state index in [1.807, 2.05) is 21.5 Å². The lowest BCUT2D eigenvalue weighted by molar-refractivity contribution is -0.697. The fraction of sp³-hybridized carbons (Fsp3) is 0.571. The van der Waals surface area contributed by atoms with Crippen molar-refractivity contribution in [2.75, 3.05) is 0 Å².